The van der Waals surface area contributed by atoms with E-state index in [0.29, 0.717) is 54.6 Å². The summed E-state index contributed by atoms with van der Waals surface area (Å²) in [6.45, 7) is 6.48. The van der Waals surface area contributed by atoms with Crippen molar-refractivity contribution in [3.8, 4) is 29.0 Å². The Morgan fingerprint density at radius 1 is 1.19 bits per heavy atom. The standard InChI is InChI=1S/C27H29N5O4/c1-27(2,3)36-26(33)32-12-10-21(17-32)35-23-7-6-19(14-20(23)15-28)22-9-11-29-24(31-22)13-18-5-8-25(34-4)30-16-18/h5-9,11,14,16,21H,10,12-13,17H2,1-4H3/t21-/m1/s1. The van der Waals surface area contributed by atoms with Crippen LogP contribution in [0.2, 0.25) is 0 Å². The number of aromatic nitrogens is 3. The molecule has 0 aliphatic carbocycles. The van der Waals surface area contributed by atoms with E-state index in [0.717, 1.165) is 11.1 Å². The van der Waals surface area contributed by atoms with E-state index < -0.39 is 5.60 Å². The summed E-state index contributed by atoms with van der Waals surface area (Å²) in [5, 5.41) is 9.76. The molecule has 9 heteroatoms. The Labute approximate surface area is 210 Å². The Morgan fingerprint density at radius 2 is 2.03 bits per heavy atom. The SMILES string of the molecule is COc1ccc(Cc2nccc(-c3ccc(O[C@@H]4CCN(C(=O)OC(C)(C)C)C4)c(C#N)c3)n2)cn1. The minimum atomic E-state index is -0.549. The van der Waals surface area contributed by atoms with Gasteiger partial charge in [-0.3, -0.25) is 0 Å². The summed E-state index contributed by atoms with van der Waals surface area (Å²) in [6, 6.07) is 13.2. The average Bonchev–Trinajstić information content (AvgIpc) is 3.33. The number of carbonyl (C=O) groups is 1. The highest BCUT2D eigenvalue weighted by atomic mass is 16.6. The number of ether oxygens (including phenoxy) is 3. The Kier molecular flexibility index (Phi) is 7.34. The van der Waals surface area contributed by atoms with Crippen LogP contribution in [0, 0.1) is 11.3 Å². The normalized spacial score (nSPS) is 15.3. The highest BCUT2D eigenvalue weighted by Gasteiger charge is 2.31. The van der Waals surface area contributed by atoms with Gasteiger partial charge >= 0.3 is 6.09 Å². The first-order valence-electron chi connectivity index (χ1n) is 11.7. The topological polar surface area (TPSA) is 110 Å². The summed E-state index contributed by atoms with van der Waals surface area (Å²) in [7, 11) is 1.58. The number of hydrogen-bond acceptors (Lipinski definition) is 8. The molecule has 0 saturated carbocycles. The van der Waals surface area contributed by atoms with Gasteiger partial charge in [0.15, 0.2) is 0 Å². The summed E-state index contributed by atoms with van der Waals surface area (Å²) in [5.74, 6) is 1.68. The minimum Gasteiger partial charge on any atom is -0.487 e. The van der Waals surface area contributed by atoms with Crippen LogP contribution in [-0.4, -0.2) is 57.8 Å². The van der Waals surface area contributed by atoms with Crippen LogP contribution < -0.4 is 9.47 Å². The van der Waals surface area contributed by atoms with Crippen LogP contribution in [0.4, 0.5) is 4.79 Å². The predicted molar refractivity (Wildman–Crippen MR) is 133 cm³/mol. The van der Waals surface area contributed by atoms with E-state index in [9.17, 15) is 10.1 Å². The number of nitriles is 1. The molecule has 1 aromatic carbocycles. The fraction of sp³-hybridized carbons (Fsp3) is 0.370. The average molecular weight is 488 g/mol. The molecular formula is C27H29N5O4. The van der Waals surface area contributed by atoms with Gasteiger partial charge in [0.25, 0.3) is 0 Å². The van der Waals surface area contributed by atoms with Gasteiger partial charge in [0.2, 0.25) is 5.88 Å². The van der Waals surface area contributed by atoms with Crippen molar-refractivity contribution in [3.63, 3.8) is 0 Å². The van der Waals surface area contributed by atoms with Crippen LogP contribution in [-0.2, 0) is 11.2 Å². The smallest absolute Gasteiger partial charge is 0.410 e. The lowest BCUT2D eigenvalue weighted by atomic mass is 10.1. The molecule has 1 aliphatic heterocycles. The molecule has 0 spiro atoms. The lowest BCUT2D eigenvalue weighted by Crippen LogP contribution is -2.36. The van der Waals surface area contributed by atoms with Crippen molar-refractivity contribution in [2.24, 2.45) is 0 Å². The Balaban J connectivity index is 1.44. The molecule has 0 bridgehead atoms. The number of amides is 1. The molecule has 0 radical (unpaired) electrons. The second-order valence-corrected chi connectivity index (χ2v) is 9.52. The van der Waals surface area contributed by atoms with Gasteiger partial charge in [-0.2, -0.15) is 5.26 Å². The molecule has 2 aromatic heterocycles. The molecule has 0 unspecified atom stereocenters. The molecule has 1 aliphatic rings. The zero-order valence-electron chi connectivity index (χ0n) is 20.9. The number of benzene rings is 1. The maximum absolute atomic E-state index is 12.3. The summed E-state index contributed by atoms with van der Waals surface area (Å²) < 4.78 is 16.6. The first-order chi connectivity index (χ1) is 17.2. The molecule has 3 aromatic rings. The van der Waals surface area contributed by atoms with E-state index in [1.54, 1.807) is 42.6 Å². The van der Waals surface area contributed by atoms with Crippen LogP contribution in [0.3, 0.4) is 0 Å². The van der Waals surface area contributed by atoms with Gasteiger partial charge in [-0.1, -0.05) is 6.07 Å². The third-order valence-electron chi connectivity index (χ3n) is 5.56. The maximum atomic E-state index is 12.3. The van der Waals surface area contributed by atoms with Crippen molar-refractivity contribution in [2.45, 2.75) is 45.3 Å². The number of pyridine rings is 1. The number of methoxy groups -OCH3 is 1. The molecule has 1 saturated heterocycles. The molecule has 1 atom stereocenters. The van der Waals surface area contributed by atoms with Crippen molar-refractivity contribution < 1.29 is 19.0 Å². The second kappa shape index (κ2) is 10.6. The number of nitrogens with zero attached hydrogens (tertiary/aromatic N) is 5. The highest BCUT2D eigenvalue weighted by molar-refractivity contribution is 5.68. The van der Waals surface area contributed by atoms with Crippen molar-refractivity contribution in [3.05, 3.63) is 65.7 Å². The fourth-order valence-electron chi connectivity index (χ4n) is 3.84. The largest absolute Gasteiger partial charge is 0.487 e. The van der Waals surface area contributed by atoms with E-state index in [1.165, 1.54) is 0 Å². The maximum Gasteiger partial charge on any atom is 0.410 e. The summed E-state index contributed by atoms with van der Waals surface area (Å²) in [5.41, 5.74) is 2.32. The monoisotopic (exact) mass is 487 g/mol. The van der Waals surface area contributed by atoms with Crippen molar-refractivity contribution in [1.29, 1.82) is 5.26 Å². The van der Waals surface area contributed by atoms with E-state index in [-0.39, 0.29) is 12.2 Å². The third-order valence-corrected chi connectivity index (χ3v) is 5.56. The molecular weight excluding hydrogens is 458 g/mol. The van der Waals surface area contributed by atoms with Crippen molar-refractivity contribution >= 4 is 6.09 Å². The van der Waals surface area contributed by atoms with Gasteiger partial charge in [-0.05, 0) is 50.6 Å². The third kappa shape index (κ3) is 6.27. The minimum absolute atomic E-state index is 0.209. The molecule has 3 heterocycles. The van der Waals surface area contributed by atoms with Crippen molar-refractivity contribution in [1.82, 2.24) is 19.9 Å². The van der Waals surface area contributed by atoms with Crippen LogP contribution in [0.15, 0.2) is 48.8 Å². The number of likely N-dealkylation sites (tertiary alicyclic amines) is 1. The molecule has 4 rings (SSSR count). The Morgan fingerprint density at radius 3 is 2.72 bits per heavy atom. The van der Waals surface area contributed by atoms with Gasteiger partial charge in [-0.15, -0.1) is 0 Å². The van der Waals surface area contributed by atoms with E-state index in [1.807, 2.05) is 39.0 Å². The van der Waals surface area contributed by atoms with Crippen LogP contribution >= 0.6 is 0 Å². The Hall–Kier alpha value is -4.19. The van der Waals surface area contributed by atoms with Gasteiger partial charge in [0, 0.05) is 43.4 Å². The predicted octanol–water partition coefficient (Wildman–Crippen LogP) is 4.40. The molecule has 36 heavy (non-hydrogen) atoms. The van der Waals surface area contributed by atoms with E-state index in [4.69, 9.17) is 14.2 Å². The van der Waals surface area contributed by atoms with E-state index >= 15 is 0 Å². The Bertz CT molecular complexity index is 1260. The van der Waals surface area contributed by atoms with Gasteiger partial charge in [0.05, 0.1) is 24.9 Å². The lowest BCUT2D eigenvalue weighted by molar-refractivity contribution is 0.0275. The summed E-state index contributed by atoms with van der Waals surface area (Å²) >= 11 is 0. The molecule has 0 N–H and O–H groups in total. The number of hydrogen-bond donors (Lipinski definition) is 0. The number of rotatable bonds is 6. The van der Waals surface area contributed by atoms with Crippen LogP contribution in [0.5, 0.6) is 11.6 Å². The highest BCUT2D eigenvalue weighted by Crippen LogP contribution is 2.28. The first kappa shape index (κ1) is 24.9. The zero-order chi connectivity index (χ0) is 25.7. The summed E-state index contributed by atoms with van der Waals surface area (Å²) in [4.78, 5) is 27.2. The van der Waals surface area contributed by atoms with Gasteiger partial charge in [0.1, 0.15) is 29.3 Å². The van der Waals surface area contributed by atoms with Crippen LogP contribution in [0.1, 0.15) is 44.1 Å². The van der Waals surface area contributed by atoms with Gasteiger partial charge < -0.3 is 19.1 Å². The molecule has 1 amide bonds. The number of carbonyl (C=O) groups excluding carboxylic acids is 1. The first-order valence-corrected chi connectivity index (χ1v) is 11.7. The molecule has 1 fully saturated rings. The van der Waals surface area contributed by atoms with Gasteiger partial charge in [-0.25, -0.2) is 19.7 Å². The van der Waals surface area contributed by atoms with Crippen molar-refractivity contribution in [2.75, 3.05) is 20.2 Å². The fourth-order valence-corrected chi connectivity index (χ4v) is 3.84. The quantitative estimate of drug-likeness (QED) is 0.503. The zero-order valence-corrected chi connectivity index (χ0v) is 20.9. The van der Waals surface area contributed by atoms with E-state index in [2.05, 4.69) is 21.0 Å². The van der Waals surface area contributed by atoms with Crippen LogP contribution in [0.25, 0.3) is 11.3 Å². The molecule has 186 valence electrons. The second-order valence-electron chi connectivity index (χ2n) is 9.52. The summed E-state index contributed by atoms with van der Waals surface area (Å²) in [6.07, 6.45) is 4.07. The molecule has 9 nitrogen and oxygen atoms in total. The lowest BCUT2D eigenvalue weighted by Gasteiger charge is -2.24.